The lowest BCUT2D eigenvalue weighted by Gasteiger charge is -2.18. The summed E-state index contributed by atoms with van der Waals surface area (Å²) < 4.78 is 16.9. The maximum atomic E-state index is 12.9. The molecule has 0 radical (unpaired) electrons. The Morgan fingerprint density at radius 1 is 0.256 bits per heavy atom. The van der Waals surface area contributed by atoms with Crippen LogP contribution in [0.1, 0.15) is 335 Å². The lowest BCUT2D eigenvalue weighted by atomic mass is 10.0. The minimum Gasteiger partial charge on any atom is -0.462 e. The van der Waals surface area contributed by atoms with Crippen molar-refractivity contribution in [2.75, 3.05) is 13.2 Å². The number of rotatable bonds is 63. The molecule has 0 saturated carbocycles. The zero-order chi connectivity index (χ0) is 59.2. The van der Waals surface area contributed by atoms with E-state index in [1.165, 1.54) is 180 Å². The molecule has 82 heavy (non-hydrogen) atoms. The number of carbonyl (C=O) groups is 3. The molecule has 0 aliphatic rings. The van der Waals surface area contributed by atoms with E-state index < -0.39 is 6.10 Å². The highest BCUT2D eigenvalue weighted by atomic mass is 16.6. The topological polar surface area (TPSA) is 78.9 Å². The normalized spacial score (nSPS) is 12.8. The molecule has 0 fully saturated rings. The van der Waals surface area contributed by atoms with Crippen LogP contribution < -0.4 is 0 Å². The van der Waals surface area contributed by atoms with Gasteiger partial charge in [0.15, 0.2) is 6.10 Å². The third kappa shape index (κ3) is 66.9. The highest BCUT2D eigenvalue weighted by molar-refractivity contribution is 5.71. The van der Waals surface area contributed by atoms with Crippen molar-refractivity contribution in [2.45, 2.75) is 341 Å². The molecular weight excluding hydrogens is 1010 g/mol. The van der Waals surface area contributed by atoms with Gasteiger partial charge in [-0.25, -0.2) is 0 Å². The molecule has 0 aromatic rings. The van der Waals surface area contributed by atoms with Crippen LogP contribution in [0.2, 0.25) is 0 Å². The summed E-state index contributed by atoms with van der Waals surface area (Å²) in [5.41, 5.74) is 0. The van der Waals surface area contributed by atoms with Crippen LogP contribution in [0.5, 0.6) is 0 Å². The molecule has 0 amide bonds. The number of esters is 3. The largest absolute Gasteiger partial charge is 0.462 e. The first kappa shape index (κ1) is 78.1. The summed E-state index contributed by atoms with van der Waals surface area (Å²) >= 11 is 0. The Balaban J connectivity index is 4.12. The standard InChI is InChI=1S/C76H130O6/c1-4-7-10-13-16-19-22-24-26-28-30-31-32-33-34-35-36-37-38-39-40-41-42-43-44-45-47-48-50-52-54-57-60-63-66-69-75(78)81-72-73(71-80-74(77)68-65-62-59-56-21-18-15-12-9-6-3)82-76(79)70-67-64-61-58-55-53-51-49-46-29-27-25-23-20-17-14-11-8-5-2/h7,10,12,15-17,19-20,24-27,30-31,33-34,36-37,73H,4-6,8-9,11,13-14,18,21-23,28-29,32,35,38-72H2,1-3H3/b10-7-,15-12-,19-16-,20-17-,26-24-,27-25-,31-30-,34-33-,37-36-. The van der Waals surface area contributed by atoms with Gasteiger partial charge in [0.1, 0.15) is 13.2 Å². The summed E-state index contributed by atoms with van der Waals surface area (Å²) in [5, 5.41) is 0. The lowest BCUT2D eigenvalue weighted by molar-refractivity contribution is -0.167. The Morgan fingerprint density at radius 3 is 0.805 bits per heavy atom. The monoisotopic (exact) mass is 1140 g/mol. The Bertz CT molecular complexity index is 1640. The molecule has 0 aliphatic carbocycles. The second kappa shape index (κ2) is 69.6. The average Bonchev–Trinajstić information content (AvgIpc) is 3.48. The molecule has 470 valence electrons. The van der Waals surface area contributed by atoms with Gasteiger partial charge in [0.25, 0.3) is 0 Å². The zero-order valence-corrected chi connectivity index (χ0v) is 54.0. The van der Waals surface area contributed by atoms with Crippen LogP contribution in [0.15, 0.2) is 109 Å². The van der Waals surface area contributed by atoms with Crippen LogP contribution in [0.4, 0.5) is 0 Å². The first-order chi connectivity index (χ1) is 40.5. The molecule has 6 heteroatoms. The van der Waals surface area contributed by atoms with E-state index in [-0.39, 0.29) is 31.1 Å². The van der Waals surface area contributed by atoms with Crippen molar-refractivity contribution in [3.8, 4) is 0 Å². The molecule has 0 bridgehead atoms. The number of carbonyl (C=O) groups excluding carboxylic acids is 3. The highest BCUT2D eigenvalue weighted by Crippen LogP contribution is 2.17. The van der Waals surface area contributed by atoms with E-state index in [9.17, 15) is 14.4 Å². The van der Waals surface area contributed by atoms with Crippen molar-refractivity contribution in [3.05, 3.63) is 109 Å². The summed E-state index contributed by atoms with van der Waals surface area (Å²) in [4.78, 5) is 38.3. The summed E-state index contributed by atoms with van der Waals surface area (Å²) in [5.74, 6) is -0.883. The Morgan fingerprint density at radius 2 is 0.500 bits per heavy atom. The van der Waals surface area contributed by atoms with Gasteiger partial charge in [-0.05, 0) is 122 Å². The van der Waals surface area contributed by atoms with E-state index in [1.807, 2.05) is 0 Å². The van der Waals surface area contributed by atoms with Gasteiger partial charge in [-0.1, -0.05) is 304 Å². The second-order valence-corrected chi connectivity index (χ2v) is 23.1. The summed E-state index contributed by atoms with van der Waals surface area (Å²) in [6, 6.07) is 0. The molecule has 1 atom stereocenters. The molecular formula is C76H130O6. The van der Waals surface area contributed by atoms with E-state index in [0.717, 1.165) is 116 Å². The van der Waals surface area contributed by atoms with Crippen molar-refractivity contribution >= 4 is 17.9 Å². The number of hydrogen-bond acceptors (Lipinski definition) is 6. The molecule has 0 rings (SSSR count). The van der Waals surface area contributed by atoms with Gasteiger partial charge < -0.3 is 14.2 Å². The van der Waals surface area contributed by atoms with Gasteiger partial charge in [0.2, 0.25) is 0 Å². The first-order valence-corrected chi connectivity index (χ1v) is 34.9. The summed E-state index contributed by atoms with van der Waals surface area (Å²) in [7, 11) is 0. The van der Waals surface area contributed by atoms with E-state index in [4.69, 9.17) is 14.2 Å². The fourth-order valence-corrected chi connectivity index (χ4v) is 9.78. The fourth-order valence-electron chi connectivity index (χ4n) is 9.78. The number of hydrogen-bond donors (Lipinski definition) is 0. The lowest BCUT2D eigenvalue weighted by Crippen LogP contribution is -2.30. The van der Waals surface area contributed by atoms with E-state index in [1.54, 1.807) is 0 Å². The van der Waals surface area contributed by atoms with Gasteiger partial charge in [-0.2, -0.15) is 0 Å². The van der Waals surface area contributed by atoms with Crippen LogP contribution in [0, 0.1) is 0 Å². The predicted octanol–water partition coefficient (Wildman–Crippen LogP) is 24.2. The van der Waals surface area contributed by atoms with Crippen LogP contribution in [0.3, 0.4) is 0 Å². The van der Waals surface area contributed by atoms with E-state index in [2.05, 4.69) is 130 Å². The fraction of sp³-hybridized carbons (Fsp3) is 0.724. The molecule has 0 aromatic heterocycles. The molecule has 0 saturated heterocycles. The SMILES string of the molecule is CC/C=C\C/C=C\C/C=C\C/C=C\C/C=C\C/C=C\CCCCCCCCCCCCCCCCCCC(=O)OCC(COC(=O)CCCCCCC/C=C\CCC)OC(=O)CCCCCCCCCCC/C=C\C/C=C\CCCCC. The number of ether oxygens (including phenoxy) is 3. The third-order valence-electron chi connectivity index (χ3n) is 15.0. The molecule has 0 spiro atoms. The Labute approximate surface area is 508 Å². The van der Waals surface area contributed by atoms with Crippen molar-refractivity contribution in [3.63, 3.8) is 0 Å². The Hall–Kier alpha value is -3.93. The predicted molar refractivity (Wildman–Crippen MR) is 357 cm³/mol. The zero-order valence-electron chi connectivity index (χ0n) is 54.0. The van der Waals surface area contributed by atoms with E-state index >= 15 is 0 Å². The molecule has 0 aromatic carbocycles. The van der Waals surface area contributed by atoms with Gasteiger partial charge in [0.05, 0.1) is 0 Å². The third-order valence-corrected chi connectivity index (χ3v) is 15.0. The number of allylic oxidation sites excluding steroid dienone is 18. The minimum atomic E-state index is -0.783. The second-order valence-electron chi connectivity index (χ2n) is 23.1. The molecule has 0 aliphatic heterocycles. The molecule has 0 N–H and O–H groups in total. The van der Waals surface area contributed by atoms with Crippen LogP contribution in [-0.2, 0) is 28.6 Å². The van der Waals surface area contributed by atoms with Gasteiger partial charge in [0, 0.05) is 19.3 Å². The first-order valence-electron chi connectivity index (χ1n) is 34.9. The highest BCUT2D eigenvalue weighted by Gasteiger charge is 2.19. The average molecular weight is 1140 g/mol. The maximum absolute atomic E-state index is 12.9. The molecule has 1 unspecified atom stereocenters. The van der Waals surface area contributed by atoms with E-state index in [0.29, 0.717) is 19.3 Å². The Kier molecular flexibility index (Phi) is 66.2. The quantitative estimate of drug-likeness (QED) is 0.0261. The van der Waals surface area contributed by atoms with Crippen LogP contribution >= 0.6 is 0 Å². The maximum Gasteiger partial charge on any atom is 0.306 e. The minimum absolute atomic E-state index is 0.0797. The van der Waals surface area contributed by atoms with Crippen molar-refractivity contribution < 1.29 is 28.6 Å². The molecule has 0 heterocycles. The van der Waals surface area contributed by atoms with Crippen molar-refractivity contribution in [1.29, 1.82) is 0 Å². The van der Waals surface area contributed by atoms with Gasteiger partial charge in [-0.3, -0.25) is 14.4 Å². The summed E-state index contributed by atoms with van der Waals surface area (Å²) in [6.07, 6.45) is 95.6. The summed E-state index contributed by atoms with van der Waals surface area (Å²) in [6.45, 7) is 6.46. The van der Waals surface area contributed by atoms with Gasteiger partial charge >= 0.3 is 17.9 Å². The van der Waals surface area contributed by atoms with Gasteiger partial charge in [-0.15, -0.1) is 0 Å². The molecule has 6 nitrogen and oxygen atoms in total. The van der Waals surface area contributed by atoms with Crippen LogP contribution in [0.25, 0.3) is 0 Å². The van der Waals surface area contributed by atoms with Crippen molar-refractivity contribution in [1.82, 2.24) is 0 Å². The van der Waals surface area contributed by atoms with Crippen molar-refractivity contribution in [2.24, 2.45) is 0 Å². The smallest absolute Gasteiger partial charge is 0.306 e. The number of unbranched alkanes of at least 4 members (excludes halogenated alkanes) is 34. The van der Waals surface area contributed by atoms with Crippen LogP contribution in [-0.4, -0.2) is 37.2 Å².